The molecule has 0 aliphatic carbocycles. The van der Waals surface area contributed by atoms with E-state index in [2.05, 4.69) is 10.3 Å². The third kappa shape index (κ3) is 4.29. The van der Waals surface area contributed by atoms with Crippen LogP contribution in [0, 0.1) is 12.7 Å². The zero-order valence-electron chi connectivity index (χ0n) is 13.2. The van der Waals surface area contributed by atoms with Crippen LogP contribution < -0.4 is 10.1 Å². The lowest BCUT2D eigenvalue weighted by molar-refractivity contribution is -0.116. The van der Waals surface area contributed by atoms with Crippen molar-refractivity contribution >= 4 is 32.6 Å². The van der Waals surface area contributed by atoms with E-state index >= 15 is 0 Å². The SMILES string of the molecule is Cc1ccc(OCCCC(=O)Nc2nc3ccc(F)cc3s2)cc1. The average Bonchev–Trinajstić information content (AvgIpc) is 2.94. The summed E-state index contributed by atoms with van der Waals surface area (Å²) >= 11 is 1.26. The fourth-order valence-electron chi connectivity index (χ4n) is 2.19. The lowest BCUT2D eigenvalue weighted by atomic mass is 10.2. The van der Waals surface area contributed by atoms with E-state index in [1.54, 1.807) is 6.07 Å². The van der Waals surface area contributed by atoms with Crippen LogP contribution in [0.3, 0.4) is 0 Å². The first kappa shape index (κ1) is 16.4. The first-order chi connectivity index (χ1) is 11.6. The van der Waals surface area contributed by atoms with Gasteiger partial charge in [-0.3, -0.25) is 4.79 Å². The number of nitrogens with zero attached hydrogens (tertiary/aromatic N) is 1. The molecule has 24 heavy (non-hydrogen) atoms. The van der Waals surface area contributed by atoms with Crippen LogP contribution in [0.1, 0.15) is 18.4 Å². The lowest BCUT2D eigenvalue weighted by Crippen LogP contribution is -2.12. The molecule has 0 spiro atoms. The molecule has 0 saturated heterocycles. The number of nitrogens with one attached hydrogen (secondary N) is 1. The Morgan fingerprint density at radius 1 is 1.25 bits per heavy atom. The summed E-state index contributed by atoms with van der Waals surface area (Å²) in [5.41, 5.74) is 1.86. The minimum absolute atomic E-state index is 0.123. The molecule has 1 N–H and O–H groups in total. The average molecular weight is 344 g/mol. The van der Waals surface area contributed by atoms with Crippen molar-refractivity contribution in [2.75, 3.05) is 11.9 Å². The number of hydrogen-bond acceptors (Lipinski definition) is 4. The Bertz CT molecular complexity index is 846. The van der Waals surface area contributed by atoms with Gasteiger partial charge >= 0.3 is 0 Å². The third-order valence-corrected chi connectivity index (χ3v) is 4.37. The maximum Gasteiger partial charge on any atom is 0.226 e. The van der Waals surface area contributed by atoms with Crippen LogP contribution in [0.25, 0.3) is 10.2 Å². The number of aromatic nitrogens is 1. The molecule has 3 aromatic rings. The molecule has 0 fully saturated rings. The van der Waals surface area contributed by atoms with Gasteiger partial charge in [-0.15, -0.1) is 0 Å². The molecule has 0 bridgehead atoms. The molecule has 1 aromatic heterocycles. The molecule has 0 unspecified atom stereocenters. The highest BCUT2D eigenvalue weighted by Crippen LogP contribution is 2.26. The number of aryl methyl sites for hydroxylation is 1. The van der Waals surface area contributed by atoms with Crippen molar-refractivity contribution in [1.82, 2.24) is 4.98 Å². The van der Waals surface area contributed by atoms with Gasteiger partial charge in [0.2, 0.25) is 5.91 Å². The van der Waals surface area contributed by atoms with Crippen molar-refractivity contribution in [3.05, 3.63) is 53.8 Å². The minimum atomic E-state index is -0.308. The molecule has 124 valence electrons. The molecule has 0 aliphatic rings. The van der Waals surface area contributed by atoms with Gasteiger partial charge in [0.15, 0.2) is 5.13 Å². The van der Waals surface area contributed by atoms with E-state index in [1.807, 2.05) is 31.2 Å². The Balaban J connectivity index is 1.45. The van der Waals surface area contributed by atoms with E-state index in [-0.39, 0.29) is 11.7 Å². The van der Waals surface area contributed by atoms with Gasteiger partial charge in [0, 0.05) is 6.42 Å². The summed E-state index contributed by atoms with van der Waals surface area (Å²) in [5, 5.41) is 3.23. The molecular weight excluding hydrogens is 327 g/mol. The number of fused-ring (bicyclic) bond motifs is 1. The number of carbonyl (C=O) groups excluding carboxylic acids is 1. The molecule has 0 radical (unpaired) electrons. The van der Waals surface area contributed by atoms with Crippen LogP contribution in [-0.2, 0) is 4.79 Å². The molecule has 0 saturated carbocycles. The Kier molecular flexibility index (Phi) is 5.05. The van der Waals surface area contributed by atoms with Crippen molar-refractivity contribution in [3.63, 3.8) is 0 Å². The molecular formula is C18H17FN2O2S. The first-order valence-corrected chi connectivity index (χ1v) is 8.47. The highest BCUT2D eigenvalue weighted by atomic mass is 32.1. The van der Waals surface area contributed by atoms with Gasteiger partial charge in [0.05, 0.1) is 16.8 Å². The number of rotatable bonds is 6. The normalized spacial score (nSPS) is 10.8. The lowest BCUT2D eigenvalue weighted by Gasteiger charge is -2.06. The Labute approximate surface area is 143 Å². The van der Waals surface area contributed by atoms with E-state index in [4.69, 9.17) is 4.74 Å². The van der Waals surface area contributed by atoms with E-state index < -0.39 is 0 Å². The summed E-state index contributed by atoms with van der Waals surface area (Å²) in [6.45, 7) is 2.49. The molecule has 6 heteroatoms. The van der Waals surface area contributed by atoms with Crippen LogP contribution in [-0.4, -0.2) is 17.5 Å². The van der Waals surface area contributed by atoms with E-state index in [0.29, 0.717) is 34.8 Å². The van der Waals surface area contributed by atoms with Crippen molar-refractivity contribution in [2.24, 2.45) is 0 Å². The Morgan fingerprint density at radius 3 is 2.83 bits per heavy atom. The predicted octanol–water partition coefficient (Wildman–Crippen LogP) is 4.54. The number of anilines is 1. The summed E-state index contributed by atoms with van der Waals surface area (Å²) in [5.74, 6) is 0.369. The van der Waals surface area contributed by atoms with E-state index in [9.17, 15) is 9.18 Å². The molecule has 0 atom stereocenters. The van der Waals surface area contributed by atoms with Crippen molar-refractivity contribution in [3.8, 4) is 5.75 Å². The molecule has 2 aromatic carbocycles. The number of thiazole rings is 1. The largest absolute Gasteiger partial charge is 0.494 e. The Hall–Kier alpha value is -2.47. The molecule has 3 rings (SSSR count). The second-order valence-corrected chi connectivity index (χ2v) is 6.47. The number of benzene rings is 2. The summed E-state index contributed by atoms with van der Waals surface area (Å²) in [6, 6.07) is 12.2. The zero-order valence-corrected chi connectivity index (χ0v) is 14.0. The molecule has 0 aliphatic heterocycles. The van der Waals surface area contributed by atoms with E-state index in [0.717, 1.165) is 5.75 Å². The summed E-state index contributed by atoms with van der Waals surface area (Å²) in [4.78, 5) is 16.2. The van der Waals surface area contributed by atoms with Crippen LogP contribution in [0.5, 0.6) is 5.75 Å². The smallest absolute Gasteiger partial charge is 0.226 e. The number of carbonyl (C=O) groups is 1. The fraction of sp³-hybridized carbons (Fsp3) is 0.222. The topological polar surface area (TPSA) is 51.2 Å². The highest BCUT2D eigenvalue weighted by Gasteiger charge is 2.08. The van der Waals surface area contributed by atoms with Crippen molar-refractivity contribution in [1.29, 1.82) is 0 Å². The van der Waals surface area contributed by atoms with Gasteiger partial charge in [-0.05, 0) is 43.7 Å². The van der Waals surface area contributed by atoms with E-state index in [1.165, 1.54) is 29.0 Å². The van der Waals surface area contributed by atoms with Crippen LogP contribution in [0.2, 0.25) is 0 Å². The van der Waals surface area contributed by atoms with Gasteiger partial charge in [-0.25, -0.2) is 9.37 Å². The highest BCUT2D eigenvalue weighted by molar-refractivity contribution is 7.22. The number of hydrogen-bond donors (Lipinski definition) is 1. The van der Waals surface area contributed by atoms with Gasteiger partial charge in [-0.1, -0.05) is 29.0 Å². The quantitative estimate of drug-likeness (QED) is 0.668. The third-order valence-electron chi connectivity index (χ3n) is 3.43. The van der Waals surface area contributed by atoms with Gasteiger partial charge in [0.1, 0.15) is 11.6 Å². The monoisotopic (exact) mass is 344 g/mol. The number of halogens is 1. The van der Waals surface area contributed by atoms with Crippen molar-refractivity contribution in [2.45, 2.75) is 19.8 Å². The van der Waals surface area contributed by atoms with Gasteiger partial charge < -0.3 is 10.1 Å². The number of ether oxygens (including phenoxy) is 1. The van der Waals surface area contributed by atoms with Crippen LogP contribution in [0.15, 0.2) is 42.5 Å². The van der Waals surface area contributed by atoms with Crippen LogP contribution >= 0.6 is 11.3 Å². The second-order valence-electron chi connectivity index (χ2n) is 5.44. The molecule has 1 amide bonds. The maximum atomic E-state index is 13.2. The fourth-order valence-corrected chi connectivity index (χ4v) is 3.10. The van der Waals surface area contributed by atoms with Crippen molar-refractivity contribution < 1.29 is 13.9 Å². The Morgan fingerprint density at radius 2 is 2.04 bits per heavy atom. The predicted molar refractivity (Wildman–Crippen MR) is 94.1 cm³/mol. The van der Waals surface area contributed by atoms with Gasteiger partial charge in [-0.2, -0.15) is 0 Å². The zero-order chi connectivity index (χ0) is 16.9. The molecule has 4 nitrogen and oxygen atoms in total. The minimum Gasteiger partial charge on any atom is -0.494 e. The second kappa shape index (κ2) is 7.40. The maximum absolute atomic E-state index is 13.2. The van der Waals surface area contributed by atoms with Gasteiger partial charge in [0.25, 0.3) is 0 Å². The standard InChI is InChI=1S/C18H17FN2O2S/c1-12-4-7-14(8-5-12)23-10-2-3-17(22)21-18-20-15-9-6-13(19)11-16(15)24-18/h4-9,11H,2-3,10H2,1H3,(H,20,21,22). The van der Waals surface area contributed by atoms with Crippen LogP contribution in [0.4, 0.5) is 9.52 Å². The number of amides is 1. The molecule has 1 heterocycles. The summed E-state index contributed by atoms with van der Waals surface area (Å²) in [6.07, 6.45) is 0.954. The first-order valence-electron chi connectivity index (χ1n) is 7.65. The summed E-state index contributed by atoms with van der Waals surface area (Å²) in [7, 11) is 0. The summed E-state index contributed by atoms with van der Waals surface area (Å²) < 4.78 is 19.5.